The Hall–Kier alpha value is -1.35. The molecular weight excluding hydrogens is 238 g/mol. The van der Waals surface area contributed by atoms with Crippen LogP contribution in [0.2, 0.25) is 0 Å². The highest BCUT2D eigenvalue weighted by molar-refractivity contribution is 5.69. The predicted molar refractivity (Wildman–Crippen MR) is 78.5 cm³/mol. The van der Waals surface area contributed by atoms with Gasteiger partial charge in [0.1, 0.15) is 0 Å². The second-order valence-corrected chi connectivity index (χ2v) is 5.80. The molecule has 106 valence electrons. The number of carboxylic acids is 1. The summed E-state index contributed by atoms with van der Waals surface area (Å²) < 4.78 is 0. The quantitative estimate of drug-likeness (QED) is 0.795. The number of hydrogen-bond acceptors (Lipinski definition) is 2. The maximum absolute atomic E-state index is 10.8. The lowest BCUT2D eigenvalue weighted by atomic mass is 9.84. The number of aliphatic carboxylic acids is 1. The van der Waals surface area contributed by atoms with E-state index in [4.69, 9.17) is 5.11 Å². The summed E-state index contributed by atoms with van der Waals surface area (Å²) in [5, 5.41) is 12.1. The molecule has 0 spiro atoms. The topological polar surface area (TPSA) is 49.3 Å². The van der Waals surface area contributed by atoms with E-state index in [9.17, 15) is 4.79 Å². The molecule has 3 nitrogen and oxygen atoms in total. The van der Waals surface area contributed by atoms with Crippen molar-refractivity contribution >= 4 is 5.97 Å². The molecule has 1 aromatic rings. The van der Waals surface area contributed by atoms with Crippen molar-refractivity contribution in [3.63, 3.8) is 0 Å². The highest BCUT2D eigenvalue weighted by Gasteiger charge is 2.21. The van der Waals surface area contributed by atoms with Gasteiger partial charge in [-0.2, -0.15) is 0 Å². The van der Waals surface area contributed by atoms with Crippen LogP contribution >= 0.6 is 0 Å². The number of hydrogen-bond donors (Lipinski definition) is 2. The van der Waals surface area contributed by atoms with Crippen LogP contribution in [0, 0.1) is 5.92 Å². The molecule has 1 unspecified atom stereocenters. The van der Waals surface area contributed by atoms with Gasteiger partial charge in [-0.15, -0.1) is 0 Å². The lowest BCUT2D eigenvalue weighted by molar-refractivity contribution is -0.140. The molecule has 0 fully saturated rings. The van der Waals surface area contributed by atoms with Gasteiger partial charge in [0.25, 0.3) is 0 Å². The number of nitrogens with one attached hydrogen (secondary N) is 1. The molecule has 0 aliphatic carbocycles. The fourth-order valence-electron chi connectivity index (χ4n) is 1.98. The fraction of sp³-hybridized carbons (Fsp3) is 0.562. The number of benzene rings is 1. The van der Waals surface area contributed by atoms with Crippen LogP contribution in [0.4, 0.5) is 0 Å². The Morgan fingerprint density at radius 3 is 2.37 bits per heavy atom. The van der Waals surface area contributed by atoms with Crippen LogP contribution in [-0.4, -0.2) is 24.2 Å². The summed E-state index contributed by atoms with van der Waals surface area (Å²) in [5.74, 6) is -1.10. The normalized spacial score (nSPS) is 13.3. The zero-order valence-corrected chi connectivity index (χ0v) is 12.4. The Morgan fingerprint density at radius 1 is 1.32 bits per heavy atom. The van der Waals surface area contributed by atoms with Crippen LogP contribution in [-0.2, 0) is 16.6 Å². The molecule has 1 rings (SSSR count). The number of aryl methyl sites for hydroxylation is 1. The van der Waals surface area contributed by atoms with Crippen LogP contribution < -0.4 is 5.32 Å². The van der Waals surface area contributed by atoms with Crippen LogP contribution in [0.5, 0.6) is 0 Å². The summed E-state index contributed by atoms with van der Waals surface area (Å²) >= 11 is 0. The molecule has 0 amide bonds. The summed E-state index contributed by atoms with van der Waals surface area (Å²) in [5.41, 5.74) is 2.62. The van der Waals surface area contributed by atoms with Crippen molar-refractivity contribution in [1.29, 1.82) is 0 Å². The maximum Gasteiger partial charge on any atom is 0.307 e. The Bertz CT molecular complexity index is 409. The van der Waals surface area contributed by atoms with E-state index in [0.29, 0.717) is 6.54 Å². The summed E-state index contributed by atoms with van der Waals surface area (Å²) in [6.07, 6.45) is 1.05. The Balaban J connectivity index is 2.57. The molecule has 0 bridgehead atoms. The fourth-order valence-corrected chi connectivity index (χ4v) is 1.98. The lowest BCUT2D eigenvalue weighted by Gasteiger charge is -2.26. The summed E-state index contributed by atoms with van der Waals surface area (Å²) in [4.78, 5) is 10.8. The van der Waals surface area contributed by atoms with Crippen molar-refractivity contribution in [2.24, 2.45) is 5.92 Å². The van der Waals surface area contributed by atoms with Crippen molar-refractivity contribution in [3.05, 3.63) is 35.4 Å². The van der Waals surface area contributed by atoms with Crippen molar-refractivity contribution < 1.29 is 9.90 Å². The highest BCUT2D eigenvalue weighted by Crippen LogP contribution is 2.22. The van der Waals surface area contributed by atoms with Gasteiger partial charge in [0.05, 0.1) is 5.92 Å². The van der Waals surface area contributed by atoms with Gasteiger partial charge in [0.15, 0.2) is 0 Å². The number of carbonyl (C=O) groups is 1. The van der Waals surface area contributed by atoms with Crippen molar-refractivity contribution in [2.75, 3.05) is 13.1 Å². The second kappa shape index (κ2) is 6.71. The van der Waals surface area contributed by atoms with Gasteiger partial charge in [-0.3, -0.25) is 4.79 Å². The average molecular weight is 263 g/mol. The first kappa shape index (κ1) is 15.7. The zero-order valence-electron chi connectivity index (χ0n) is 12.4. The van der Waals surface area contributed by atoms with Crippen LogP contribution in [0.15, 0.2) is 24.3 Å². The molecule has 0 saturated heterocycles. The average Bonchev–Trinajstić information content (AvgIpc) is 2.38. The minimum Gasteiger partial charge on any atom is -0.481 e. The second-order valence-electron chi connectivity index (χ2n) is 5.80. The van der Waals surface area contributed by atoms with Gasteiger partial charge >= 0.3 is 5.97 Å². The van der Waals surface area contributed by atoms with E-state index in [0.717, 1.165) is 13.0 Å². The molecule has 3 heteroatoms. The summed E-state index contributed by atoms with van der Waals surface area (Å²) in [6.45, 7) is 9.49. The summed E-state index contributed by atoms with van der Waals surface area (Å²) in [6, 6.07) is 8.66. The number of carboxylic acid groups (broad SMARTS) is 1. The first-order valence-electron chi connectivity index (χ1n) is 6.89. The first-order chi connectivity index (χ1) is 8.86. The van der Waals surface area contributed by atoms with Gasteiger partial charge in [-0.1, -0.05) is 52.0 Å². The third kappa shape index (κ3) is 4.67. The minimum atomic E-state index is -0.752. The van der Waals surface area contributed by atoms with Gasteiger partial charge in [0, 0.05) is 18.5 Å². The van der Waals surface area contributed by atoms with Gasteiger partial charge < -0.3 is 10.4 Å². The van der Waals surface area contributed by atoms with Crippen LogP contribution in [0.1, 0.15) is 38.8 Å². The van der Waals surface area contributed by atoms with Crippen LogP contribution in [0.3, 0.4) is 0 Å². The monoisotopic (exact) mass is 263 g/mol. The van der Waals surface area contributed by atoms with Crippen LogP contribution in [0.25, 0.3) is 0 Å². The van der Waals surface area contributed by atoms with E-state index in [2.05, 4.69) is 50.4 Å². The van der Waals surface area contributed by atoms with Gasteiger partial charge in [0.2, 0.25) is 0 Å². The van der Waals surface area contributed by atoms with E-state index in [1.165, 1.54) is 11.1 Å². The molecule has 19 heavy (non-hydrogen) atoms. The molecule has 0 saturated carbocycles. The van der Waals surface area contributed by atoms with Crippen molar-refractivity contribution in [3.8, 4) is 0 Å². The predicted octanol–water partition coefficient (Wildman–Crippen LogP) is 2.84. The summed E-state index contributed by atoms with van der Waals surface area (Å²) in [7, 11) is 0. The third-order valence-electron chi connectivity index (χ3n) is 3.58. The van der Waals surface area contributed by atoms with Gasteiger partial charge in [-0.25, -0.2) is 0 Å². The molecule has 0 heterocycles. The third-order valence-corrected chi connectivity index (χ3v) is 3.58. The molecule has 1 atom stereocenters. The SMILES string of the molecule is CCc1ccc(C(C)(C)CNCC(C)C(=O)O)cc1. The first-order valence-corrected chi connectivity index (χ1v) is 6.89. The minimum absolute atomic E-state index is 0.00446. The Labute approximate surface area is 116 Å². The maximum atomic E-state index is 10.8. The van der Waals surface area contributed by atoms with E-state index in [1.807, 2.05) is 0 Å². The highest BCUT2D eigenvalue weighted by atomic mass is 16.4. The molecule has 0 aromatic heterocycles. The standard InChI is InChI=1S/C16H25NO2/c1-5-13-6-8-14(9-7-13)16(3,4)11-17-10-12(2)15(18)19/h6-9,12,17H,5,10-11H2,1-4H3,(H,18,19). The molecule has 0 aliphatic heterocycles. The molecule has 0 radical (unpaired) electrons. The Kier molecular flexibility index (Phi) is 5.55. The Morgan fingerprint density at radius 2 is 1.89 bits per heavy atom. The molecule has 0 aliphatic rings. The van der Waals surface area contributed by atoms with E-state index in [-0.39, 0.29) is 11.3 Å². The van der Waals surface area contributed by atoms with Gasteiger partial charge in [-0.05, 0) is 17.5 Å². The lowest BCUT2D eigenvalue weighted by Crippen LogP contribution is -2.36. The molecular formula is C16H25NO2. The van der Waals surface area contributed by atoms with E-state index in [1.54, 1.807) is 6.92 Å². The smallest absolute Gasteiger partial charge is 0.307 e. The zero-order chi connectivity index (χ0) is 14.5. The van der Waals surface area contributed by atoms with E-state index >= 15 is 0 Å². The largest absolute Gasteiger partial charge is 0.481 e. The van der Waals surface area contributed by atoms with Crippen molar-refractivity contribution in [1.82, 2.24) is 5.32 Å². The molecule has 1 aromatic carbocycles. The number of rotatable bonds is 7. The van der Waals surface area contributed by atoms with Crippen molar-refractivity contribution in [2.45, 2.75) is 39.5 Å². The molecule has 2 N–H and O–H groups in total. The van der Waals surface area contributed by atoms with E-state index < -0.39 is 5.97 Å².